The molecule has 1 fully saturated rings. The van der Waals surface area contributed by atoms with Gasteiger partial charge in [0.15, 0.2) is 5.76 Å². The summed E-state index contributed by atoms with van der Waals surface area (Å²) < 4.78 is 14.0. The van der Waals surface area contributed by atoms with Gasteiger partial charge in [-0.3, -0.25) is 10.1 Å². The second-order valence-corrected chi connectivity index (χ2v) is 17.4. The molecule has 1 aliphatic rings. The summed E-state index contributed by atoms with van der Waals surface area (Å²) in [6, 6.07) is 42.9. The summed E-state index contributed by atoms with van der Waals surface area (Å²) in [5.74, 6) is -3.88. The molecule has 0 bridgehead atoms. The maximum atomic E-state index is 12.9. The normalized spacial score (nSPS) is 12.2. The summed E-state index contributed by atoms with van der Waals surface area (Å²) in [4.78, 5) is 45.9. The molecule has 3 aromatic heterocycles. The number of hydrazone groups is 1. The van der Waals surface area contributed by atoms with Gasteiger partial charge in [-0.15, -0.1) is 0 Å². The lowest BCUT2D eigenvalue weighted by Gasteiger charge is -2.21. The van der Waals surface area contributed by atoms with Crippen molar-refractivity contribution in [3.63, 3.8) is 0 Å². The van der Waals surface area contributed by atoms with E-state index < -0.39 is 34.5 Å². The summed E-state index contributed by atoms with van der Waals surface area (Å²) in [5, 5.41) is 61.2. The van der Waals surface area contributed by atoms with Crippen molar-refractivity contribution in [1.29, 1.82) is 0 Å². The van der Waals surface area contributed by atoms with Gasteiger partial charge in [-0.25, -0.2) is 14.4 Å². The number of nitro groups is 1. The maximum Gasteiger partial charge on any atom is 0.433 e. The van der Waals surface area contributed by atoms with E-state index in [2.05, 4.69) is 138 Å². The van der Waals surface area contributed by atoms with Crippen molar-refractivity contribution in [3.05, 3.63) is 200 Å². The van der Waals surface area contributed by atoms with Gasteiger partial charge in [-0.05, 0) is 107 Å². The fraction of sp³-hybridized carbons (Fsp3) is 0.140. The molecule has 374 valence electrons. The van der Waals surface area contributed by atoms with Crippen LogP contribution < -0.4 is 14.6 Å². The average molecular weight is 995 g/mol. The molecular weight excluding hydrogens is 945 g/mol. The number of amides is 1. The number of aryl methyl sites for hydroxylation is 2. The quantitative estimate of drug-likeness (QED) is 0.0476. The summed E-state index contributed by atoms with van der Waals surface area (Å²) >= 11 is 0. The van der Waals surface area contributed by atoms with Gasteiger partial charge in [0.2, 0.25) is 11.2 Å². The van der Waals surface area contributed by atoms with Gasteiger partial charge in [-0.2, -0.15) is 14.7 Å². The smallest absolute Gasteiger partial charge is 0.433 e. The number of carbonyl (C=O) groups is 3. The number of nitrogens with zero attached hydrogens (tertiary/aromatic N) is 6. The Morgan fingerprint density at radius 2 is 1.45 bits per heavy atom. The van der Waals surface area contributed by atoms with E-state index in [4.69, 9.17) is 4.42 Å². The van der Waals surface area contributed by atoms with Crippen molar-refractivity contribution in [2.45, 2.75) is 20.3 Å². The minimum atomic E-state index is -1.34. The standard InChI is InChI=1S/C26H28N3.C23H16O6.C8H7N3O5/c1-19-17-21(20(2)29(19)24-9-7-6-8-10-24)11-13-23-14-12-22-18-25(27(3)4)15-16-26(22)28(23)5;24-20-16(14-7-3-1-5-12(14)9-18(20)22(26)27)11-17-15-8-4-2-6-13(15)10-19(21(17)25)23(28)29;12-8-10(3-4-15-8)9-5-6-1-2-7(16-6)11(13)14/h6-18H,1-5H3;1-10,24-25H,11H2,(H,26,27)(H,28,29);1-2,5H,3-4H2/q+1;;/p-1. The Hall–Kier alpha value is -9.77. The topological polar surface area (TPSA) is 228 Å². The number of anilines is 1. The van der Waals surface area contributed by atoms with Crippen LogP contribution in [0.25, 0.3) is 50.3 Å². The maximum absolute atomic E-state index is 12.9. The van der Waals surface area contributed by atoms with Crippen LogP contribution in [0.1, 0.15) is 60.2 Å². The highest BCUT2D eigenvalue weighted by molar-refractivity contribution is 6.02. The van der Waals surface area contributed by atoms with Crippen molar-refractivity contribution >= 4 is 80.4 Å². The van der Waals surface area contributed by atoms with E-state index in [1.165, 1.54) is 75.4 Å². The number of carbonyl (C=O) groups excluding carboxylic acids is 1. The van der Waals surface area contributed by atoms with Crippen LogP contribution >= 0.6 is 0 Å². The van der Waals surface area contributed by atoms with Crippen LogP contribution in [-0.4, -0.2) is 81.3 Å². The van der Waals surface area contributed by atoms with Crippen LogP contribution in [0.15, 0.2) is 149 Å². The van der Waals surface area contributed by atoms with E-state index in [0.29, 0.717) is 28.1 Å². The van der Waals surface area contributed by atoms with Crippen molar-refractivity contribution in [3.8, 4) is 17.2 Å². The van der Waals surface area contributed by atoms with Gasteiger partial charge in [-0.1, -0.05) is 72.5 Å². The number of carboxylic acids is 2. The number of phenols is 1. The lowest BCUT2D eigenvalue weighted by Crippen LogP contribution is -2.32. The Kier molecular flexibility index (Phi) is 14.8. The fourth-order valence-electron chi connectivity index (χ4n) is 8.75. The number of hydrogen-bond acceptors (Lipinski definition) is 11. The second-order valence-electron chi connectivity index (χ2n) is 17.4. The van der Waals surface area contributed by atoms with Gasteiger partial charge >= 0.3 is 23.9 Å². The number of carboxylic acid groups (broad SMARTS) is 2. The number of cyclic esters (lactones) is 1. The lowest BCUT2D eigenvalue weighted by atomic mass is 9.90. The molecule has 9 aromatic rings. The number of hydrogen-bond donors (Lipinski definition) is 3. The van der Waals surface area contributed by atoms with E-state index in [1.807, 2.05) is 0 Å². The molecule has 17 heteroatoms. The number of benzene rings is 6. The Morgan fingerprint density at radius 3 is 2.07 bits per heavy atom. The molecule has 3 N–H and O–H groups in total. The monoisotopic (exact) mass is 994 g/mol. The Balaban J connectivity index is 0.000000154. The van der Waals surface area contributed by atoms with Gasteiger partial charge < -0.3 is 39.0 Å². The SMILES string of the molecule is Cc1cc(C=Cc2ccc3cc(N(C)C)ccc3[n+]2C)c(C)n1-c1ccccc1.O=C(O)c1cc2ccccc2c(Cc2c(O)c(C(=O)O)cc3ccccc23)c1[O-].O=C1OCCN1N=Cc1ccc([N+](=O)[O-])o1. The first-order valence-corrected chi connectivity index (χ1v) is 23.2. The first-order chi connectivity index (χ1) is 35.5. The molecule has 0 unspecified atom stereocenters. The van der Waals surface area contributed by atoms with E-state index >= 15 is 0 Å². The number of fused-ring (bicyclic) bond motifs is 3. The molecule has 1 amide bonds. The molecule has 17 nitrogen and oxygen atoms in total. The highest BCUT2D eigenvalue weighted by atomic mass is 16.6. The first-order valence-electron chi connectivity index (χ1n) is 23.2. The van der Waals surface area contributed by atoms with Crippen LogP contribution in [0.5, 0.6) is 11.5 Å². The number of ether oxygens (including phenoxy) is 1. The molecule has 0 aliphatic carbocycles. The molecule has 0 spiro atoms. The minimum Gasteiger partial charge on any atom is -0.872 e. The van der Waals surface area contributed by atoms with E-state index in [9.17, 15) is 44.9 Å². The van der Waals surface area contributed by atoms with Crippen LogP contribution in [0, 0.1) is 24.0 Å². The third kappa shape index (κ3) is 10.8. The zero-order valence-electron chi connectivity index (χ0n) is 40.9. The summed E-state index contributed by atoms with van der Waals surface area (Å²) in [6.45, 7) is 4.99. The number of furan rings is 1. The average Bonchev–Trinajstić information content (AvgIpc) is 4.12. The van der Waals surface area contributed by atoms with E-state index in [-0.39, 0.29) is 46.9 Å². The van der Waals surface area contributed by atoms with Crippen LogP contribution in [0.3, 0.4) is 0 Å². The van der Waals surface area contributed by atoms with Gasteiger partial charge in [0.25, 0.3) is 0 Å². The minimum absolute atomic E-state index is 0.103. The second kappa shape index (κ2) is 21.7. The van der Waals surface area contributed by atoms with E-state index in [0.717, 1.165) is 5.01 Å². The molecule has 6 aromatic carbocycles. The molecule has 10 rings (SSSR count). The predicted octanol–water partition coefficient (Wildman–Crippen LogP) is 10.0. The van der Waals surface area contributed by atoms with Crippen molar-refractivity contribution in [1.82, 2.24) is 9.58 Å². The van der Waals surface area contributed by atoms with Crippen LogP contribution in [0.2, 0.25) is 0 Å². The van der Waals surface area contributed by atoms with Gasteiger partial charge in [0.05, 0.1) is 24.4 Å². The zero-order chi connectivity index (χ0) is 52.8. The Bertz CT molecular complexity index is 3590. The number of aromatic nitrogens is 2. The first kappa shape index (κ1) is 50.6. The summed E-state index contributed by atoms with van der Waals surface area (Å²) in [5.41, 5.74) is 8.40. The molecule has 1 saturated heterocycles. The molecule has 0 radical (unpaired) electrons. The number of para-hydroxylation sites is 1. The number of pyridine rings is 1. The Labute approximate surface area is 424 Å². The van der Waals surface area contributed by atoms with Crippen molar-refractivity contribution in [2.24, 2.45) is 12.1 Å². The molecule has 74 heavy (non-hydrogen) atoms. The molecule has 1 aliphatic heterocycles. The summed E-state index contributed by atoms with van der Waals surface area (Å²) in [6.07, 6.45) is 5.00. The van der Waals surface area contributed by atoms with Crippen LogP contribution in [-0.2, 0) is 18.2 Å². The highest BCUT2D eigenvalue weighted by Gasteiger charge is 2.22. The Morgan fingerprint density at radius 1 is 0.797 bits per heavy atom. The lowest BCUT2D eigenvalue weighted by molar-refractivity contribution is -0.646. The molecular formula is C57H50N6O11. The highest BCUT2D eigenvalue weighted by Crippen LogP contribution is 2.38. The molecule has 4 heterocycles. The van der Waals surface area contributed by atoms with Crippen molar-refractivity contribution < 1.29 is 53.5 Å². The van der Waals surface area contributed by atoms with Gasteiger partial charge in [0.1, 0.15) is 29.9 Å². The van der Waals surface area contributed by atoms with Crippen molar-refractivity contribution in [2.75, 3.05) is 32.1 Å². The summed E-state index contributed by atoms with van der Waals surface area (Å²) in [7, 11) is 6.28. The third-order valence-corrected chi connectivity index (χ3v) is 12.5. The molecule has 0 saturated carbocycles. The number of rotatable bonds is 11. The zero-order valence-corrected chi connectivity index (χ0v) is 40.9. The number of aromatic carboxylic acids is 2. The predicted molar refractivity (Wildman–Crippen MR) is 280 cm³/mol. The fourth-order valence-corrected chi connectivity index (χ4v) is 8.75. The number of aromatic hydroxyl groups is 1. The largest absolute Gasteiger partial charge is 0.872 e. The van der Waals surface area contributed by atoms with Gasteiger partial charge in [0, 0.05) is 72.4 Å². The van der Waals surface area contributed by atoms with Crippen LogP contribution in [0.4, 0.5) is 16.4 Å². The third-order valence-electron chi connectivity index (χ3n) is 12.5. The van der Waals surface area contributed by atoms with E-state index in [1.54, 1.807) is 48.5 Å². The molecule has 0 atom stereocenters.